The van der Waals surface area contributed by atoms with E-state index in [0.29, 0.717) is 35.0 Å². The normalized spacial score (nSPS) is 10.7. The van der Waals surface area contributed by atoms with Crippen molar-refractivity contribution in [3.63, 3.8) is 0 Å². The number of nitrogens with one attached hydrogen (secondary N) is 3. The molecule has 0 saturated heterocycles. The molecule has 0 bridgehead atoms. The second-order valence-electron chi connectivity index (χ2n) is 6.80. The van der Waals surface area contributed by atoms with Crippen molar-refractivity contribution < 1.29 is 14.3 Å². The SMILES string of the molecule is COCCNC(=O)c1ccc(NC(=O)Cn2c(-c3ccc(C)cc3)n[nH]c2=S)cc1Cl. The van der Waals surface area contributed by atoms with E-state index in [1.165, 1.54) is 6.07 Å². The second-order valence-corrected chi connectivity index (χ2v) is 7.59. The van der Waals surface area contributed by atoms with Gasteiger partial charge in [-0.15, -0.1) is 0 Å². The lowest BCUT2D eigenvalue weighted by Gasteiger charge is -2.11. The van der Waals surface area contributed by atoms with Crippen molar-refractivity contribution in [1.82, 2.24) is 20.1 Å². The highest BCUT2D eigenvalue weighted by atomic mass is 35.5. The predicted molar refractivity (Wildman–Crippen MR) is 122 cm³/mol. The Kier molecular flexibility index (Phi) is 7.56. The smallest absolute Gasteiger partial charge is 0.252 e. The van der Waals surface area contributed by atoms with E-state index < -0.39 is 0 Å². The van der Waals surface area contributed by atoms with Crippen LogP contribution in [0.1, 0.15) is 15.9 Å². The maximum absolute atomic E-state index is 12.6. The van der Waals surface area contributed by atoms with Gasteiger partial charge in [0, 0.05) is 24.9 Å². The fourth-order valence-corrected chi connectivity index (χ4v) is 3.33. The number of anilines is 1. The summed E-state index contributed by atoms with van der Waals surface area (Å²) in [6.45, 7) is 2.74. The van der Waals surface area contributed by atoms with Gasteiger partial charge in [0.2, 0.25) is 5.91 Å². The van der Waals surface area contributed by atoms with Gasteiger partial charge in [0.1, 0.15) is 6.54 Å². The molecule has 0 atom stereocenters. The lowest BCUT2D eigenvalue weighted by Crippen LogP contribution is -2.27. The third kappa shape index (κ3) is 5.78. The molecule has 0 fully saturated rings. The summed E-state index contributed by atoms with van der Waals surface area (Å²) >= 11 is 11.5. The first kappa shape index (κ1) is 22.7. The molecule has 0 aliphatic carbocycles. The highest BCUT2D eigenvalue weighted by Gasteiger charge is 2.14. The van der Waals surface area contributed by atoms with Gasteiger partial charge >= 0.3 is 0 Å². The molecular weight excluding hydrogens is 438 g/mol. The minimum Gasteiger partial charge on any atom is -0.383 e. The first-order chi connectivity index (χ1) is 14.9. The molecule has 8 nitrogen and oxygen atoms in total. The number of H-pyrrole nitrogens is 1. The summed E-state index contributed by atoms with van der Waals surface area (Å²) in [6, 6.07) is 12.5. The highest BCUT2D eigenvalue weighted by Crippen LogP contribution is 2.22. The number of aromatic nitrogens is 3. The van der Waals surface area contributed by atoms with Gasteiger partial charge in [0.05, 0.1) is 17.2 Å². The Morgan fingerprint density at radius 3 is 2.65 bits per heavy atom. The van der Waals surface area contributed by atoms with E-state index in [1.54, 1.807) is 23.8 Å². The van der Waals surface area contributed by atoms with Gasteiger partial charge in [-0.25, -0.2) is 0 Å². The van der Waals surface area contributed by atoms with Crippen LogP contribution >= 0.6 is 23.8 Å². The number of ether oxygens (including phenoxy) is 1. The van der Waals surface area contributed by atoms with E-state index in [1.807, 2.05) is 31.2 Å². The maximum atomic E-state index is 12.6. The molecule has 0 aliphatic rings. The third-order valence-corrected chi connectivity index (χ3v) is 5.08. The summed E-state index contributed by atoms with van der Waals surface area (Å²) in [6.07, 6.45) is 0. The van der Waals surface area contributed by atoms with Crippen molar-refractivity contribution in [3.8, 4) is 11.4 Å². The number of aryl methyl sites for hydroxylation is 1. The molecule has 0 saturated carbocycles. The number of hydrogen-bond acceptors (Lipinski definition) is 5. The molecule has 3 rings (SSSR count). The van der Waals surface area contributed by atoms with Gasteiger partial charge in [-0.05, 0) is 37.3 Å². The summed E-state index contributed by atoms with van der Waals surface area (Å²) in [7, 11) is 1.55. The van der Waals surface area contributed by atoms with Gasteiger partial charge in [0.15, 0.2) is 10.6 Å². The van der Waals surface area contributed by atoms with Crippen molar-refractivity contribution in [2.75, 3.05) is 25.6 Å². The van der Waals surface area contributed by atoms with Crippen LogP contribution in [0.15, 0.2) is 42.5 Å². The number of halogens is 1. The molecule has 0 spiro atoms. The van der Waals surface area contributed by atoms with E-state index >= 15 is 0 Å². The Bertz CT molecular complexity index is 1140. The lowest BCUT2D eigenvalue weighted by molar-refractivity contribution is -0.116. The van der Waals surface area contributed by atoms with Crippen LogP contribution in [0.5, 0.6) is 0 Å². The molecule has 0 unspecified atom stereocenters. The molecule has 3 aromatic rings. The van der Waals surface area contributed by atoms with Gasteiger partial charge in [-0.2, -0.15) is 5.10 Å². The molecule has 2 amide bonds. The Labute approximate surface area is 189 Å². The topological polar surface area (TPSA) is 101 Å². The van der Waals surface area contributed by atoms with Gasteiger partial charge in [-0.1, -0.05) is 41.4 Å². The van der Waals surface area contributed by atoms with E-state index in [-0.39, 0.29) is 23.4 Å². The molecule has 2 aromatic carbocycles. The third-order valence-electron chi connectivity index (χ3n) is 4.46. The first-order valence-corrected chi connectivity index (χ1v) is 10.3. The number of nitrogens with zero attached hydrogens (tertiary/aromatic N) is 2. The Morgan fingerprint density at radius 2 is 1.97 bits per heavy atom. The molecule has 1 aromatic heterocycles. The summed E-state index contributed by atoms with van der Waals surface area (Å²) < 4.78 is 6.86. The highest BCUT2D eigenvalue weighted by molar-refractivity contribution is 7.71. The maximum Gasteiger partial charge on any atom is 0.252 e. The fraction of sp³-hybridized carbons (Fsp3) is 0.238. The number of rotatable bonds is 8. The number of amides is 2. The Morgan fingerprint density at radius 1 is 1.23 bits per heavy atom. The van der Waals surface area contributed by atoms with E-state index in [2.05, 4.69) is 20.8 Å². The van der Waals surface area contributed by atoms with Crippen LogP contribution in [-0.2, 0) is 16.1 Å². The Hall–Kier alpha value is -3.01. The molecule has 162 valence electrons. The molecular formula is C21H22ClN5O3S. The van der Waals surface area contributed by atoms with Crippen molar-refractivity contribution in [2.24, 2.45) is 0 Å². The fourth-order valence-electron chi connectivity index (χ4n) is 2.87. The van der Waals surface area contributed by atoms with Gasteiger partial charge < -0.3 is 15.4 Å². The van der Waals surface area contributed by atoms with E-state index in [0.717, 1.165) is 11.1 Å². The average Bonchev–Trinajstić information content (AvgIpc) is 3.09. The molecule has 31 heavy (non-hydrogen) atoms. The molecule has 1 heterocycles. The number of hydrogen-bond donors (Lipinski definition) is 3. The summed E-state index contributed by atoms with van der Waals surface area (Å²) in [4.78, 5) is 24.8. The summed E-state index contributed by atoms with van der Waals surface area (Å²) in [5.41, 5.74) is 2.75. The number of benzene rings is 2. The zero-order chi connectivity index (χ0) is 22.4. The van der Waals surface area contributed by atoms with Crippen LogP contribution in [0.25, 0.3) is 11.4 Å². The summed E-state index contributed by atoms with van der Waals surface area (Å²) in [5, 5.41) is 12.7. The van der Waals surface area contributed by atoms with Crippen molar-refractivity contribution in [1.29, 1.82) is 0 Å². The van der Waals surface area contributed by atoms with Crippen molar-refractivity contribution in [3.05, 3.63) is 63.4 Å². The van der Waals surface area contributed by atoms with Crippen LogP contribution in [0, 0.1) is 11.7 Å². The molecule has 3 N–H and O–H groups in total. The van der Waals surface area contributed by atoms with Gasteiger partial charge in [-0.3, -0.25) is 19.3 Å². The van der Waals surface area contributed by atoms with Gasteiger partial charge in [0.25, 0.3) is 5.91 Å². The number of methoxy groups -OCH3 is 1. The number of aromatic amines is 1. The van der Waals surface area contributed by atoms with E-state index in [4.69, 9.17) is 28.6 Å². The minimum absolute atomic E-state index is 0.0323. The monoisotopic (exact) mass is 459 g/mol. The quantitative estimate of drug-likeness (QED) is 0.353. The van der Waals surface area contributed by atoms with Crippen LogP contribution in [0.3, 0.4) is 0 Å². The number of carbonyl (C=O) groups is 2. The van der Waals surface area contributed by atoms with Crippen LogP contribution in [-0.4, -0.2) is 46.8 Å². The van der Waals surface area contributed by atoms with Crippen molar-refractivity contribution in [2.45, 2.75) is 13.5 Å². The molecule has 0 aliphatic heterocycles. The van der Waals surface area contributed by atoms with E-state index in [9.17, 15) is 9.59 Å². The average molecular weight is 460 g/mol. The zero-order valence-corrected chi connectivity index (χ0v) is 18.6. The zero-order valence-electron chi connectivity index (χ0n) is 17.1. The molecule has 0 radical (unpaired) electrons. The largest absolute Gasteiger partial charge is 0.383 e. The van der Waals surface area contributed by atoms with Crippen molar-refractivity contribution >= 4 is 41.3 Å². The molecule has 10 heteroatoms. The lowest BCUT2D eigenvalue weighted by atomic mass is 10.1. The second kappa shape index (κ2) is 10.3. The summed E-state index contributed by atoms with van der Waals surface area (Å²) in [5.74, 6) is -0.0483. The number of carbonyl (C=O) groups excluding carboxylic acids is 2. The minimum atomic E-state index is -0.313. The first-order valence-electron chi connectivity index (χ1n) is 9.48. The van der Waals surface area contributed by atoms with Crippen LogP contribution in [0.2, 0.25) is 5.02 Å². The Balaban J connectivity index is 1.70. The predicted octanol–water partition coefficient (Wildman–Crippen LogP) is 3.58. The van der Waals surface area contributed by atoms with Crippen LogP contribution in [0.4, 0.5) is 5.69 Å². The van der Waals surface area contributed by atoms with Crippen LogP contribution < -0.4 is 10.6 Å². The standard InChI is InChI=1S/C21H22ClN5O3S/c1-13-3-5-14(6-4-13)19-25-26-21(31)27(19)12-18(28)24-15-7-8-16(17(22)11-15)20(29)23-9-10-30-2/h3-8,11H,9-10,12H2,1-2H3,(H,23,29)(H,24,28)(H,26,31).